The summed E-state index contributed by atoms with van der Waals surface area (Å²) in [5.41, 5.74) is 1.78. The summed E-state index contributed by atoms with van der Waals surface area (Å²) in [7, 11) is 4.65. The molecule has 3 amide bonds. The van der Waals surface area contributed by atoms with Gasteiger partial charge in [0.05, 0.1) is 32.4 Å². The summed E-state index contributed by atoms with van der Waals surface area (Å²) in [4.78, 5) is 44.3. The van der Waals surface area contributed by atoms with Gasteiger partial charge in [-0.2, -0.15) is 0 Å². The topological polar surface area (TPSA) is 101 Å². The zero-order chi connectivity index (χ0) is 28.1. The van der Waals surface area contributed by atoms with Gasteiger partial charge in [0.2, 0.25) is 0 Å². The van der Waals surface area contributed by atoms with Gasteiger partial charge in [-0.25, -0.2) is 14.0 Å². The number of carbonyl (C=O) groups excluding carboxylic acids is 3. The van der Waals surface area contributed by atoms with Crippen LogP contribution in [0, 0.1) is 5.82 Å². The first-order valence-corrected chi connectivity index (χ1v) is 12.7. The van der Waals surface area contributed by atoms with Gasteiger partial charge in [0.15, 0.2) is 11.5 Å². The zero-order valence-electron chi connectivity index (χ0n) is 22.5. The van der Waals surface area contributed by atoms with Crippen LogP contribution in [-0.4, -0.2) is 93.2 Å². The fraction of sp³-hybridized carbons (Fsp3) is 0.393. The average molecular weight is 541 g/mol. The molecule has 1 N–H and O–H groups in total. The van der Waals surface area contributed by atoms with E-state index in [-0.39, 0.29) is 18.5 Å². The number of nitrogens with one attached hydrogen (secondary N) is 1. The maximum absolute atomic E-state index is 13.6. The molecular weight excluding hydrogens is 507 g/mol. The number of hydrogen-bond donors (Lipinski definition) is 1. The lowest BCUT2D eigenvalue weighted by atomic mass is 9.94. The van der Waals surface area contributed by atoms with Crippen molar-refractivity contribution in [3.8, 4) is 11.5 Å². The molecule has 11 heteroatoms. The van der Waals surface area contributed by atoms with Crippen molar-refractivity contribution in [2.45, 2.75) is 13.0 Å². The molecule has 0 aliphatic carbocycles. The highest BCUT2D eigenvalue weighted by molar-refractivity contribution is 5.95. The van der Waals surface area contributed by atoms with Crippen molar-refractivity contribution >= 4 is 17.9 Å². The molecule has 1 saturated heterocycles. The Morgan fingerprint density at radius 3 is 2.38 bits per heavy atom. The maximum atomic E-state index is 13.6. The molecule has 2 heterocycles. The third kappa shape index (κ3) is 5.98. The molecule has 0 saturated carbocycles. The van der Waals surface area contributed by atoms with Gasteiger partial charge in [-0.3, -0.25) is 14.6 Å². The van der Waals surface area contributed by atoms with Crippen LogP contribution in [0.5, 0.6) is 11.5 Å². The second-order valence-corrected chi connectivity index (χ2v) is 9.22. The lowest BCUT2D eigenvalue weighted by Crippen LogP contribution is -2.53. The number of nitrogens with zero attached hydrogens (tertiary/aromatic N) is 3. The first-order valence-electron chi connectivity index (χ1n) is 12.7. The first-order chi connectivity index (χ1) is 18.8. The van der Waals surface area contributed by atoms with Crippen molar-refractivity contribution in [3.63, 3.8) is 0 Å². The molecule has 0 aromatic heterocycles. The van der Waals surface area contributed by atoms with Gasteiger partial charge in [-0.1, -0.05) is 12.1 Å². The minimum Gasteiger partial charge on any atom is -0.493 e. The maximum Gasteiger partial charge on any atom is 0.338 e. The van der Waals surface area contributed by atoms with Crippen LogP contribution < -0.4 is 14.8 Å². The molecule has 39 heavy (non-hydrogen) atoms. The monoisotopic (exact) mass is 540 g/mol. The number of amides is 3. The number of benzene rings is 2. The Morgan fingerprint density at radius 1 is 1.03 bits per heavy atom. The number of likely N-dealkylation sites (N-methyl/N-ethyl adjacent to an activating group) is 1. The van der Waals surface area contributed by atoms with Crippen LogP contribution >= 0.6 is 0 Å². The van der Waals surface area contributed by atoms with Crippen LogP contribution in [0.15, 0.2) is 53.7 Å². The Balaban J connectivity index is 1.60. The molecule has 0 bridgehead atoms. The third-order valence-corrected chi connectivity index (χ3v) is 6.92. The van der Waals surface area contributed by atoms with Gasteiger partial charge < -0.3 is 24.4 Å². The van der Waals surface area contributed by atoms with Crippen molar-refractivity contribution < 1.29 is 33.0 Å². The molecule has 10 nitrogen and oxygen atoms in total. The average Bonchev–Trinajstić information content (AvgIpc) is 2.95. The normalized spacial score (nSPS) is 18.1. The predicted octanol–water partition coefficient (Wildman–Crippen LogP) is 2.81. The Kier molecular flexibility index (Phi) is 8.70. The number of carbonyl (C=O) groups is 3. The van der Waals surface area contributed by atoms with Crippen molar-refractivity contribution in [1.82, 2.24) is 20.0 Å². The van der Waals surface area contributed by atoms with Gasteiger partial charge in [-0.05, 0) is 42.8 Å². The number of halogens is 1. The Hall–Kier alpha value is -4.12. The Morgan fingerprint density at radius 2 is 1.74 bits per heavy atom. The highest BCUT2D eigenvalue weighted by Crippen LogP contribution is 2.36. The minimum absolute atomic E-state index is 0.173. The summed E-state index contributed by atoms with van der Waals surface area (Å²) >= 11 is 0. The molecule has 2 aliphatic heterocycles. The fourth-order valence-corrected chi connectivity index (χ4v) is 4.81. The van der Waals surface area contributed by atoms with E-state index >= 15 is 0 Å². The summed E-state index contributed by atoms with van der Waals surface area (Å²) in [6.07, 6.45) is 0. The van der Waals surface area contributed by atoms with E-state index in [9.17, 15) is 18.8 Å². The number of piperazine rings is 1. The number of hydrogen-bond acceptors (Lipinski definition) is 7. The van der Waals surface area contributed by atoms with Crippen LogP contribution in [-0.2, 0) is 9.53 Å². The molecule has 0 unspecified atom stereocenters. The van der Waals surface area contributed by atoms with E-state index in [1.807, 2.05) is 0 Å². The second-order valence-electron chi connectivity index (χ2n) is 9.22. The Bertz CT molecular complexity index is 1270. The predicted molar refractivity (Wildman–Crippen MR) is 141 cm³/mol. The molecule has 4 rings (SSSR count). The third-order valence-electron chi connectivity index (χ3n) is 6.92. The van der Waals surface area contributed by atoms with E-state index < -0.39 is 17.8 Å². The van der Waals surface area contributed by atoms with Gasteiger partial charge in [0, 0.05) is 51.0 Å². The largest absolute Gasteiger partial charge is 0.493 e. The molecule has 0 radical (unpaired) electrons. The summed E-state index contributed by atoms with van der Waals surface area (Å²) in [6.45, 7) is 4.06. The van der Waals surface area contributed by atoms with Crippen LogP contribution in [0.2, 0.25) is 0 Å². The number of esters is 1. The van der Waals surface area contributed by atoms with E-state index in [0.717, 1.165) is 0 Å². The van der Waals surface area contributed by atoms with E-state index in [2.05, 4.69) is 10.2 Å². The molecule has 208 valence electrons. The smallest absolute Gasteiger partial charge is 0.338 e. The van der Waals surface area contributed by atoms with E-state index in [1.165, 1.54) is 37.3 Å². The quantitative estimate of drug-likeness (QED) is 0.514. The lowest BCUT2D eigenvalue weighted by Gasteiger charge is -2.39. The molecule has 2 aliphatic rings. The number of urea groups is 1. The summed E-state index contributed by atoms with van der Waals surface area (Å²) in [5, 5.41) is 2.90. The lowest BCUT2D eigenvalue weighted by molar-refractivity contribution is -0.139. The summed E-state index contributed by atoms with van der Waals surface area (Å²) in [5.74, 6) is -0.233. The first kappa shape index (κ1) is 27.9. The zero-order valence-corrected chi connectivity index (χ0v) is 22.5. The molecule has 2 aromatic rings. The van der Waals surface area contributed by atoms with Crippen molar-refractivity contribution in [2.75, 3.05) is 60.6 Å². The fourth-order valence-electron chi connectivity index (χ4n) is 4.81. The Labute approximate surface area is 226 Å². The van der Waals surface area contributed by atoms with E-state index in [4.69, 9.17) is 14.2 Å². The minimum atomic E-state index is -0.765. The van der Waals surface area contributed by atoms with Gasteiger partial charge >= 0.3 is 12.0 Å². The number of ether oxygens (including phenoxy) is 3. The molecular formula is C28H33FN4O6. The summed E-state index contributed by atoms with van der Waals surface area (Å²) in [6, 6.07) is 9.73. The van der Waals surface area contributed by atoms with Crippen LogP contribution in [0.4, 0.5) is 9.18 Å². The van der Waals surface area contributed by atoms with Crippen LogP contribution in [0.25, 0.3) is 0 Å². The highest BCUT2D eigenvalue weighted by atomic mass is 19.1. The molecule has 0 spiro atoms. The van der Waals surface area contributed by atoms with Gasteiger partial charge in [0.25, 0.3) is 5.91 Å². The van der Waals surface area contributed by atoms with Gasteiger partial charge in [0.1, 0.15) is 5.82 Å². The number of methoxy groups -OCH3 is 2. The van der Waals surface area contributed by atoms with Gasteiger partial charge in [-0.15, -0.1) is 0 Å². The van der Waals surface area contributed by atoms with E-state index in [0.29, 0.717) is 66.6 Å². The van der Waals surface area contributed by atoms with E-state index in [1.54, 1.807) is 43.1 Å². The van der Waals surface area contributed by atoms with Crippen LogP contribution in [0.1, 0.15) is 28.9 Å². The van der Waals surface area contributed by atoms with Crippen LogP contribution in [0.3, 0.4) is 0 Å². The highest BCUT2D eigenvalue weighted by Gasteiger charge is 2.38. The second kappa shape index (κ2) is 12.2. The molecule has 1 fully saturated rings. The van der Waals surface area contributed by atoms with Crippen molar-refractivity contribution in [3.05, 3.63) is 70.7 Å². The number of rotatable bonds is 8. The molecule has 1 atom stereocenters. The molecule has 2 aromatic carbocycles. The standard InChI is InChI=1S/C28H33FN4O6/c1-5-39-27(35)24-21(17-32-11-13-33(14-12-32)26(34)19-7-6-8-20(29)15-19)31(2)28(36)30-25(24)18-9-10-22(37-3)23(16-18)38-4/h6-10,15-16,25H,5,11-14,17H2,1-4H3,(H,30,36)/t25-/m1/s1. The van der Waals surface area contributed by atoms with Crippen molar-refractivity contribution in [1.29, 1.82) is 0 Å². The summed E-state index contributed by atoms with van der Waals surface area (Å²) < 4.78 is 29.8. The van der Waals surface area contributed by atoms with Crippen molar-refractivity contribution in [2.24, 2.45) is 0 Å². The SMILES string of the molecule is CCOC(=O)C1=C(CN2CCN(C(=O)c3cccc(F)c3)CC2)N(C)C(=O)N[C@@H]1c1ccc(OC)c(OC)c1.